The van der Waals surface area contributed by atoms with Gasteiger partial charge in [0.2, 0.25) is 0 Å². The number of hydrogen-bond acceptors (Lipinski definition) is 0. The van der Waals surface area contributed by atoms with Gasteiger partial charge in [-0.05, 0) is 41.4 Å². The van der Waals surface area contributed by atoms with Crippen LogP contribution in [0.15, 0.2) is 54.6 Å². The molecular weight excluding hydrogens is 320 g/mol. The average molecular weight is 343 g/mol. The highest BCUT2D eigenvalue weighted by Crippen LogP contribution is 2.44. The van der Waals surface area contributed by atoms with Gasteiger partial charge in [0.05, 0.1) is 0 Å². The summed E-state index contributed by atoms with van der Waals surface area (Å²) in [5.74, 6) is 1.64. The van der Waals surface area contributed by atoms with Gasteiger partial charge in [0.15, 0.2) is 0 Å². The Hall–Kier alpha value is -1.08. The molecule has 1 heteroatoms. The average Bonchev–Trinajstić information content (AvgIpc) is 2.94. The van der Waals surface area contributed by atoms with Crippen LogP contribution >= 0.6 is 15.9 Å². The highest BCUT2D eigenvalue weighted by molar-refractivity contribution is 9.09. The molecule has 3 rings (SSSR count). The molecule has 2 aromatic rings. The number of hydrogen-bond donors (Lipinski definition) is 0. The van der Waals surface area contributed by atoms with Crippen LogP contribution in [0.2, 0.25) is 0 Å². The van der Waals surface area contributed by atoms with E-state index in [1.807, 2.05) is 0 Å². The Kier molecular flexibility index (Phi) is 4.80. The first-order valence-corrected chi connectivity index (χ1v) is 8.92. The fourth-order valence-electron chi connectivity index (χ4n) is 3.51. The molecule has 0 heterocycles. The second kappa shape index (κ2) is 6.79. The molecule has 3 unspecified atom stereocenters. The van der Waals surface area contributed by atoms with Crippen LogP contribution in [-0.2, 0) is 6.42 Å². The van der Waals surface area contributed by atoms with Crippen molar-refractivity contribution in [3.05, 3.63) is 71.3 Å². The minimum Gasteiger partial charge on any atom is -0.0836 e. The summed E-state index contributed by atoms with van der Waals surface area (Å²) in [4.78, 5) is 0.515. The lowest BCUT2D eigenvalue weighted by molar-refractivity contribution is 0.414. The van der Waals surface area contributed by atoms with E-state index in [0.29, 0.717) is 4.83 Å². The second-order valence-electron chi connectivity index (χ2n) is 6.38. The molecule has 0 spiro atoms. The topological polar surface area (TPSA) is 0 Å². The van der Waals surface area contributed by atoms with Crippen LogP contribution in [0.4, 0.5) is 0 Å². The van der Waals surface area contributed by atoms with Gasteiger partial charge in [0.1, 0.15) is 0 Å². The number of alkyl halides is 1. The normalized spacial score (nSPS) is 23.1. The number of rotatable bonds is 4. The Morgan fingerprint density at radius 3 is 2.24 bits per heavy atom. The van der Waals surface area contributed by atoms with Gasteiger partial charge < -0.3 is 0 Å². The van der Waals surface area contributed by atoms with Gasteiger partial charge >= 0.3 is 0 Å². The van der Waals surface area contributed by atoms with E-state index in [2.05, 4.69) is 77.5 Å². The largest absolute Gasteiger partial charge is 0.0836 e. The van der Waals surface area contributed by atoms with Crippen molar-refractivity contribution in [2.75, 3.05) is 0 Å². The third-order valence-corrected chi connectivity index (χ3v) is 6.06. The van der Waals surface area contributed by atoms with Crippen molar-refractivity contribution >= 4 is 15.9 Å². The molecule has 1 saturated carbocycles. The van der Waals surface area contributed by atoms with Crippen LogP contribution < -0.4 is 0 Å². The third-order valence-electron chi connectivity index (χ3n) is 4.85. The first-order valence-electron chi connectivity index (χ1n) is 8.01. The summed E-state index contributed by atoms with van der Waals surface area (Å²) in [6.07, 6.45) is 5.16. The summed E-state index contributed by atoms with van der Waals surface area (Å²) >= 11 is 3.94. The van der Waals surface area contributed by atoms with Crippen molar-refractivity contribution in [2.45, 2.75) is 37.4 Å². The molecule has 0 amide bonds. The van der Waals surface area contributed by atoms with E-state index in [0.717, 1.165) is 18.3 Å². The Balaban J connectivity index is 1.69. The molecule has 110 valence electrons. The van der Waals surface area contributed by atoms with E-state index in [9.17, 15) is 0 Å². The van der Waals surface area contributed by atoms with Crippen LogP contribution in [0, 0.1) is 11.8 Å². The van der Waals surface area contributed by atoms with Crippen molar-refractivity contribution in [2.24, 2.45) is 11.8 Å². The smallest absolute Gasteiger partial charge is 0.0426 e. The molecule has 1 fully saturated rings. The van der Waals surface area contributed by atoms with Crippen molar-refractivity contribution in [3.8, 4) is 0 Å². The van der Waals surface area contributed by atoms with Crippen molar-refractivity contribution in [3.63, 3.8) is 0 Å². The van der Waals surface area contributed by atoms with Crippen molar-refractivity contribution < 1.29 is 0 Å². The highest BCUT2D eigenvalue weighted by Gasteiger charge is 2.30. The molecule has 0 nitrogen and oxygen atoms in total. The zero-order chi connectivity index (χ0) is 14.7. The SMILES string of the molecule is CC1CCCC1C(Br)c1ccc(Cc2ccccc2)cc1. The monoisotopic (exact) mass is 342 g/mol. The van der Waals surface area contributed by atoms with Crippen LogP contribution in [0.1, 0.15) is 47.7 Å². The Labute approximate surface area is 136 Å². The molecule has 3 atom stereocenters. The predicted octanol–water partition coefficient (Wildman–Crippen LogP) is 6.15. The lowest BCUT2D eigenvalue weighted by Crippen LogP contribution is -2.10. The van der Waals surface area contributed by atoms with Crippen molar-refractivity contribution in [1.29, 1.82) is 0 Å². The molecular formula is C20H23Br. The van der Waals surface area contributed by atoms with Crippen LogP contribution in [-0.4, -0.2) is 0 Å². The van der Waals surface area contributed by atoms with E-state index in [-0.39, 0.29) is 0 Å². The number of benzene rings is 2. The highest BCUT2D eigenvalue weighted by atomic mass is 79.9. The van der Waals surface area contributed by atoms with Gasteiger partial charge in [0, 0.05) is 4.83 Å². The van der Waals surface area contributed by atoms with Crippen LogP contribution in [0.25, 0.3) is 0 Å². The Bertz CT molecular complexity index is 558. The van der Waals surface area contributed by atoms with Gasteiger partial charge in [-0.1, -0.05) is 90.3 Å². The Morgan fingerprint density at radius 1 is 0.952 bits per heavy atom. The van der Waals surface area contributed by atoms with E-state index in [4.69, 9.17) is 0 Å². The minimum atomic E-state index is 0.515. The molecule has 0 aromatic heterocycles. The van der Waals surface area contributed by atoms with Gasteiger partial charge in [-0.3, -0.25) is 0 Å². The second-order valence-corrected chi connectivity index (χ2v) is 7.36. The lowest BCUT2D eigenvalue weighted by atomic mass is 9.90. The maximum absolute atomic E-state index is 3.94. The molecule has 0 bridgehead atoms. The molecule has 0 aliphatic heterocycles. The molecule has 1 aliphatic carbocycles. The maximum atomic E-state index is 3.94. The summed E-state index contributed by atoms with van der Waals surface area (Å²) in [6, 6.07) is 19.9. The van der Waals surface area contributed by atoms with Crippen molar-refractivity contribution in [1.82, 2.24) is 0 Å². The van der Waals surface area contributed by atoms with Crippen LogP contribution in [0.5, 0.6) is 0 Å². The van der Waals surface area contributed by atoms with Gasteiger partial charge in [-0.25, -0.2) is 0 Å². The molecule has 0 saturated heterocycles. The van der Waals surface area contributed by atoms with E-state index < -0.39 is 0 Å². The molecule has 0 N–H and O–H groups in total. The lowest BCUT2D eigenvalue weighted by Gasteiger charge is -2.22. The predicted molar refractivity (Wildman–Crippen MR) is 93.9 cm³/mol. The third kappa shape index (κ3) is 3.58. The van der Waals surface area contributed by atoms with E-state index in [1.54, 1.807) is 0 Å². The fraction of sp³-hybridized carbons (Fsp3) is 0.400. The van der Waals surface area contributed by atoms with E-state index in [1.165, 1.54) is 36.0 Å². The summed E-state index contributed by atoms with van der Waals surface area (Å²) < 4.78 is 0. The zero-order valence-corrected chi connectivity index (χ0v) is 14.2. The van der Waals surface area contributed by atoms with Gasteiger partial charge in [0.25, 0.3) is 0 Å². The summed E-state index contributed by atoms with van der Waals surface area (Å²) in [7, 11) is 0. The van der Waals surface area contributed by atoms with E-state index >= 15 is 0 Å². The molecule has 21 heavy (non-hydrogen) atoms. The van der Waals surface area contributed by atoms with Crippen LogP contribution in [0.3, 0.4) is 0 Å². The van der Waals surface area contributed by atoms with Gasteiger partial charge in [-0.15, -0.1) is 0 Å². The number of halogens is 1. The van der Waals surface area contributed by atoms with Gasteiger partial charge in [-0.2, -0.15) is 0 Å². The summed E-state index contributed by atoms with van der Waals surface area (Å²) in [6.45, 7) is 2.40. The molecule has 0 radical (unpaired) electrons. The molecule has 1 aliphatic rings. The first-order chi connectivity index (χ1) is 10.2. The standard InChI is InChI=1S/C20H23Br/c1-15-6-5-9-19(15)20(21)18-12-10-17(11-13-18)14-16-7-3-2-4-8-16/h2-4,7-8,10-13,15,19-20H,5-6,9,14H2,1H3. The quantitative estimate of drug-likeness (QED) is 0.584. The Morgan fingerprint density at radius 2 is 1.62 bits per heavy atom. The summed E-state index contributed by atoms with van der Waals surface area (Å²) in [5, 5.41) is 0. The maximum Gasteiger partial charge on any atom is 0.0426 e. The molecule has 2 aromatic carbocycles. The fourth-order valence-corrected chi connectivity index (χ4v) is 4.60. The minimum absolute atomic E-state index is 0.515. The first kappa shape index (κ1) is 14.8. The summed E-state index contributed by atoms with van der Waals surface area (Å²) in [5.41, 5.74) is 4.21. The zero-order valence-electron chi connectivity index (χ0n) is 12.6.